The molecule has 1 amide bonds. The van der Waals surface area contributed by atoms with E-state index in [9.17, 15) is 22.8 Å². The van der Waals surface area contributed by atoms with Gasteiger partial charge in [0.05, 0.1) is 0 Å². The minimum absolute atomic E-state index is 0.206. The molecule has 0 saturated carbocycles. The lowest BCUT2D eigenvalue weighted by atomic mass is 9.70. The molecule has 3 heterocycles. The van der Waals surface area contributed by atoms with Gasteiger partial charge in [-0.25, -0.2) is 9.78 Å². The molecule has 0 bridgehead atoms. The number of anilines is 1. The maximum Gasteiger partial charge on any atom is 0.573 e. The molecule has 0 spiro atoms. The number of esters is 1. The monoisotopic (exact) mass is 555 g/mol. The van der Waals surface area contributed by atoms with E-state index in [2.05, 4.69) is 9.72 Å². The number of rotatable bonds is 7. The number of amides is 1. The Morgan fingerprint density at radius 2 is 1.79 bits per heavy atom. The van der Waals surface area contributed by atoms with Gasteiger partial charge < -0.3 is 24.0 Å². The van der Waals surface area contributed by atoms with Crippen molar-refractivity contribution >= 4 is 29.3 Å². The average Bonchev–Trinajstić information content (AvgIpc) is 3.14. The lowest BCUT2D eigenvalue weighted by Crippen LogP contribution is -2.59. The van der Waals surface area contributed by atoms with Crippen LogP contribution in [0.1, 0.15) is 39.2 Å². The second-order valence-corrected chi connectivity index (χ2v) is 10.1. The van der Waals surface area contributed by atoms with Gasteiger partial charge in [0.15, 0.2) is 6.10 Å². The van der Waals surface area contributed by atoms with Gasteiger partial charge >= 0.3 is 12.3 Å². The van der Waals surface area contributed by atoms with Crippen LogP contribution in [0.2, 0.25) is 5.15 Å². The third-order valence-corrected chi connectivity index (χ3v) is 6.84. The Kier molecular flexibility index (Phi) is 7.81. The van der Waals surface area contributed by atoms with E-state index in [1.165, 1.54) is 12.1 Å². The summed E-state index contributed by atoms with van der Waals surface area (Å²) in [7, 11) is 0. The number of ether oxygens (including phenoxy) is 3. The maximum atomic E-state index is 14.3. The SMILES string of the molecule is CCC[C@@](C(=O)N1CCN(c2cccc(Cl)n2)CC1)(c1ccc(OC(F)(F)F)cc1)[C@@H]1OC(C)(C)OC1=O. The zero-order valence-corrected chi connectivity index (χ0v) is 22.0. The molecule has 2 atom stereocenters. The fourth-order valence-corrected chi connectivity index (χ4v) is 5.23. The highest BCUT2D eigenvalue weighted by atomic mass is 35.5. The lowest BCUT2D eigenvalue weighted by Gasteiger charge is -2.43. The molecular formula is C26H29ClF3N3O5. The Morgan fingerprint density at radius 3 is 2.32 bits per heavy atom. The number of halogens is 4. The molecule has 0 N–H and O–H groups in total. The minimum Gasteiger partial charge on any atom is -0.432 e. The van der Waals surface area contributed by atoms with Gasteiger partial charge in [-0.05, 0) is 36.2 Å². The Labute approximate surface area is 223 Å². The molecule has 1 aromatic carbocycles. The predicted octanol–water partition coefficient (Wildman–Crippen LogP) is 4.70. The molecule has 206 valence electrons. The number of carbonyl (C=O) groups excluding carboxylic acids is 2. The van der Waals surface area contributed by atoms with E-state index in [0.29, 0.717) is 49.1 Å². The zero-order chi connectivity index (χ0) is 27.7. The lowest BCUT2D eigenvalue weighted by molar-refractivity contribution is -0.274. The van der Waals surface area contributed by atoms with Crippen LogP contribution in [-0.2, 0) is 24.5 Å². The summed E-state index contributed by atoms with van der Waals surface area (Å²) in [6.45, 7) is 6.61. The number of cyclic esters (lactones) is 1. The van der Waals surface area contributed by atoms with Gasteiger partial charge in [-0.15, -0.1) is 13.2 Å². The standard InChI is InChI=1S/C26H29ClF3N3O5/c1-4-12-25(21-22(34)38-24(2,3)37-21,17-8-10-18(11-9-17)36-26(28,29)30)23(35)33-15-13-32(14-16-33)20-7-5-6-19(27)31-20/h5-11,21H,4,12-16H2,1-3H3/t21-,25-/m1/s1. The van der Waals surface area contributed by atoms with Crippen LogP contribution in [0.5, 0.6) is 5.75 Å². The van der Waals surface area contributed by atoms with Crippen molar-refractivity contribution in [3.8, 4) is 5.75 Å². The van der Waals surface area contributed by atoms with E-state index in [1.54, 1.807) is 30.9 Å². The molecule has 2 aliphatic heterocycles. The summed E-state index contributed by atoms with van der Waals surface area (Å²) in [6.07, 6.45) is -5.45. The highest BCUT2D eigenvalue weighted by molar-refractivity contribution is 6.29. The van der Waals surface area contributed by atoms with E-state index in [1.807, 2.05) is 17.9 Å². The fourth-order valence-electron chi connectivity index (χ4n) is 5.07. The number of piperazine rings is 1. The van der Waals surface area contributed by atoms with Crippen LogP contribution in [0.25, 0.3) is 0 Å². The topological polar surface area (TPSA) is 81.2 Å². The Balaban J connectivity index is 1.68. The minimum atomic E-state index is -4.86. The van der Waals surface area contributed by atoms with E-state index >= 15 is 0 Å². The Morgan fingerprint density at radius 1 is 1.13 bits per heavy atom. The molecule has 12 heteroatoms. The molecule has 2 fully saturated rings. The molecular weight excluding hydrogens is 527 g/mol. The largest absolute Gasteiger partial charge is 0.573 e. The maximum absolute atomic E-state index is 14.3. The number of alkyl halides is 3. The normalized spacial score (nSPS) is 21.1. The van der Waals surface area contributed by atoms with Gasteiger partial charge in [0.25, 0.3) is 0 Å². The summed E-state index contributed by atoms with van der Waals surface area (Å²) >= 11 is 6.03. The number of aromatic nitrogens is 1. The van der Waals surface area contributed by atoms with Crippen LogP contribution in [0, 0.1) is 0 Å². The molecule has 0 aliphatic carbocycles. The number of pyridine rings is 1. The molecule has 8 nitrogen and oxygen atoms in total. The molecule has 4 rings (SSSR count). The van der Waals surface area contributed by atoms with Crippen LogP contribution < -0.4 is 9.64 Å². The molecule has 1 aromatic heterocycles. The van der Waals surface area contributed by atoms with Crippen LogP contribution in [-0.4, -0.2) is 66.2 Å². The molecule has 0 unspecified atom stereocenters. The highest BCUT2D eigenvalue weighted by Crippen LogP contribution is 2.43. The van der Waals surface area contributed by atoms with Crippen molar-refractivity contribution in [1.29, 1.82) is 0 Å². The first-order valence-electron chi connectivity index (χ1n) is 12.3. The Bertz CT molecular complexity index is 1170. The number of carbonyl (C=O) groups is 2. The first-order valence-corrected chi connectivity index (χ1v) is 12.7. The van der Waals surface area contributed by atoms with Crippen molar-refractivity contribution in [2.75, 3.05) is 31.1 Å². The van der Waals surface area contributed by atoms with E-state index in [0.717, 1.165) is 12.1 Å². The smallest absolute Gasteiger partial charge is 0.432 e. The summed E-state index contributed by atoms with van der Waals surface area (Å²) in [5, 5.41) is 0.362. The quantitative estimate of drug-likeness (QED) is 0.362. The summed E-state index contributed by atoms with van der Waals surface area (Å²) < 4.78 is 53.7. The number of hydrogen-bond acceptors (Lipinski definition) is 7. The number of nitrogens with zero attached hydrogens (tertiary/aromatic N) is 3. The van der Waals surface area contributed by atoms with E-state index in [4.69, 9.17) is 21.1 Å². The molecule has 2 saturated heterocycles. The van der Waals surface area contributed by atoms with E-state index < -0.39 is 35.4 Å². The summed E-state index contributed by atoms with van der Waals surface area (Å²) in [4.78, 5) is 35.4. The molecule has 0 radical (unpaired) electrons. The van der Waals surface area contributed by atoms with Crippen molar-refractivity contribution in [3.63, 3.8) is 0 Å². The number of hydrogen-bond donors (Lipinski definition) is 0. The van der Waals surface area contributed by atoms with Gasteiger partial charge in [-0.3, -0.25) is 4.79 Å². The average molecular weight is 556 g/mol. The van der Waals surface area contributed by atoms with Gasteiger partial charge in [0.1, 0.15) is 22.1 Å². The van der Waals surface area contributed by atoms with E-state index in [-0.39, 0.29) is 12.3 Å². The summed E-state index contributed by atoms with van der Waals surface area (Å²) in [5.41, 5.74) is -1.18. The van der Waals surface area contributed by atoms with Gasteiger partial charge in [0.2, 0.25) is 11.7 Å². The number of benzene rings is 1. The van der Waals surface area contributed by atoms with Crippen molar-refractivity contribution in [2.45, 2.75) is 57.3 Å². The van der Waals surface area contributed by atoms with Crippen molar-refractivity contribution in [1.82, 2.24) is 9.88 Å². The van der Waals surface area contributed by atoms with Gasteiger partial charge in [0, 0.05) is 40.0 Å². The first kappa shape index (κ1) is 28.0. The Hall–Kier alpha value is -3.05. The van der Waals surface area contributed by atoms with Gasteiger partial charge in [-0.1, -0.05) is 43.1 Å². The van der Waals surface area contributed by atoms with Gasteiger partial charge in [-0.2, -0.15) is 0 Å². The van der Waals surface area contributed by atoms with Crippen LogP contribution in [0.15, 0.2) is 42.5 Å². The predicted molar refractivity (Wildman–Crippen MR) is 133 cm³/mol. The first-order chi connectivity index (χ1) is 17.8. The van der Waals surface area contributed by atoms with Crippen LogP contribution >= 0.6 is 11.6 Å². The van der Waals surface area contributed by atoms with Crippen LogP contribution in [0.4, 0.5) is 19.0 Å². The zero-order valence-electron chi connectivity index (χ0n) is 21.3. The summed E-state index contributed by atoms with van der Waals surface area (Å²) in [5.74, 6) is -2.07. The molecule has 2 aromatic rings. The highest BCUT2D eigenvalue weighted by Gasteiger charge is 2.59. The van der Waals surface area contributed by atoms with Crippen molar-refractivity contribution in [2.24, 2.45) is 0 Å². The third-order valence-electron chi connectivity index (χ3n) is 6.63. The second-order valence-electron chi connectivity index (χ2n) is 9.71. The summed E-state index contributed by atoms with van der Waals surface area (Å²) in [6, 6.07) is 10.3. The molecule has 38 heavy (non-hydrogen) atoms. The third kappa shape index (κ3) is 5.83. The fraction of sp³-hybridized carbons (Fsp3) is 0.500. The van der Waals surface area contributed by atoms with Crippen molar-refractivity contribution < 1.29 is 37.0 Å². The van der Waals surface area contributed by atoms with Crippen LogP contribution in [0.3, 0.4) is 0 Å². The second kappa shape index (κ2) is 10.6. The molecule has 2 aliphatic rings. The van der Waals surface area contributed by atoms with Crippen molar-refractivity contribution in [3.05, 3.63) is 53.2 Å².